The largest absolute Gasteiger partial charge is 0.330 e. The van der Waals surface area contributed by atoms with E-state index in [-0.39, 0.29) is 0 Å². The van der Waals surface area contributed by atoms with Crippen LogP contribution in [-0.4, -0.2) is 13.1 Å². The summed E-state index contributed by atoms with van der Waals surface area (Å²) in [4.78, 5) is 0. The van der Waals surface area contributed by atoms with Crippen molar-refractivity contribution in [2.75, 3.05) is 13.1 Å². The predicted octanol–water partition coefficient (Wildman–Crippen LogP) is 0.406. The molecule has 0 aromatic rings. The standard InChI is InChI=1S/C7H14N2/c1-7(6-9)4-2-3-5-8/h2,4H,1,3,5-6,8-9H2/b4-2-. The van der Waals surface area contributed by atoms with Crippen molar-refractivity contribution in [3.8, 4) is 0 Å². The molecule has 0 bridgehead atoms. The Balaban J connectivity index is 3.32. The summed E-state index contributed by atoms with van der Waals surface area (Å²) < 4.78 is 0. The molecule has 2 nitrogen and oxygen atoms in total. The molecule has 0 aliphatic heterocycles. The Bertz CT molecular complexity index is 105. The van der Waals surface area contributed by atoms with E-state index in [0.29, 0.717) is 13.1 Å². The third-order valence-corrected chi connectivity index (χ3v) is 0.949. The van der Waals surface area contributed by atoms with Crippen LogP contribution in [0.4, 0.5) is 0 Å². The molecule has 0 radical (unpaired) electrons. The molecule has 0 saturated heterocycles. The minimum absolute atomic E-state index is 0.529. The van der Waals surface area contributed by atoms with E-state index in [1.165, 1.54) is 0 Å². The molecule has 0 unspecified atom stereocenters. The normalized spacial score (nSPS) is 10.4. The van der Waals surface area contributed by atoms with Crippen molar-refractivity contribution in [1.29, 1.82) is 0 Å². The number of nitrogens with two attached hydrogens (primary N) is 2. The van der Waals surface area contributed by atoms with Crippen molar-refractivity contribution in [1.82, 2.24) is 0 Å². The summed E-state index contributed by atoms with van der Waals surface area (Å²) in [6.07, 6.45) is 4.79. The highest BCUT2D eigenvalue weighted by molar-refractivity contribution is 5.15. The first-order chi connectivity index (χ1) is 4.31. The van der Waals surface area contributed by atoms with E-state index in [2.05, 4.69) is 6.58 Å². The predicted molar refractivity (Wildman–Crippen MR) is 41.0 cm³/mol. The molecule has 0 aromatic heterocycles. The molecule has 0 aromatic carbocycles. The molecular weight excluding hydrogens is 112 g/mol. The number of hydrogen-bond acceptors (Lipinski definition) is 2. The molecule has 0 heterocycles. The fourth-order valence-corrected chi connectivity index (χ4v) is 0.414. The van der Waals surface area contributed by atoms with Gasteiger partial charge < -0.3 is 11.5 Å². The Morgan fingerprint density at radius 3 is 2.56 bits per heavy atom. The summed E-state index contributed by atoms with van der Waals surface area (Å²) >= 11 is 0. The molecule has 0 rings (SSSR count). The maximum atomic E-state index is 5.27. The van der Waals surface area contributed by atoms with Crippen molar-refractivity contribution in [3.05, 3.63) is 24.3 Å². The van der Waals surface area contributed by atoms with Gasteiger partial charge in [0, 0.05) is 6.54 Å². The summed E-state index contributed by atoms with van der Waals surface area (Å²) in [6, 6.07) is 0. The highest BCUT2D eigenvalue weighted by Crippen LogP contribution is 1.89. The second-order valence-corrected chi connectivity index (χ2v) is 1.84. The minimum atomic E-state index is 0.529. The first kappa shape index (κ1) is 8.40. The van der Waals surface area contributed by atoms with Gasteiger partial charge in [0.05, 0.1) is 0 Å². The van der Waals surface area contributed by atoms with Crippen LogP contribution in [0.2, 0.25) is 0 Å². The van der Waals surface area contributed by atoms with Crippen LogP contribution in [0.1, 0.15) is 6.42 Å². The molecule has 52 valence electrons. The summed E-state index contributed by atoms with van der Waals surface area (Å²) in [5, 5.41) is 0. The monoisotopic (exact) mass is 126 g/mol. The van der Waals surface area contributed by atoms with E-state index >= 15 is 0 Å². The average Bonchev–Trinajstić information content (AvgIpc) is 1.89. The number of hydrogen-bond donors (Lipinski definition) is 2. The molecule has 0 atom stereocenters. The Kier molecular flexibility index (Phi) is 5.17. The zero-order valence-corrected chi connectivity index (χ0v) is 5.64. The first-order valence-electron chi connectivity index (χ1n) is 3.05. The van der Waals surface area contributed by atoms with Crippen LogP contribution in [0.5, 0.6) is 0 Å². The van der Waals surface area contributed by atoms with Crippen LogP contribution in [0.25, 0.3) is 0 Å². The molecule has 0 saturated carbocycles. The lowest BCUT2D eigenvalue weighted by atomic mass is 10.2. The molecule has 0 aliphatic rings. The van der Waals surface area contributed by atoms with Crippen molar-refractivity contribution in [3.63, 3.8) is 0 Å². The van der Waals surface area contributed by atoms with Crippen LogP contribution < -0.4 is 11.5 Å². The van der Waals surface area contributed by atoms with E-state index in [1.54, 1.807) is 0 Å². The second-order valence-electron chi connectivity index (χ2n) is 1.84. The van der Waals surface area contributed by atoms with Crippen molar-refractivity contribution in [2.24, 2.45) is 11.5 Å². The van der Waals surface area contributed by atoms with Gasteiger partial charge in [-0.15, -0.1) is 0 Å². The Labute approximate surface area is 56.2 Å². The van der Waals surface area contributed by atoms with Crippen LogP contribution in [0.3, 0.4) is 0 Å². The maximum absolute atomic E-state index is 5.27. The van der Waals surface area contributed by atoms with Gasteiger partial charge in [0.15, 0.2) is 0 Å². The second kappa shape index (κ2) is 5.54. The third kappa shape index (κ3) is 5.27. The van der Waals surface area contributed by atoms with Gasteiger partial charge in [-0.3, -0.25) is 0 Å². The molecule has 0 spiro atoms. The molecule has 2 heteroatoms. The van der Waals surface area contributed by atoms with Crippen LogP contribution in [0.15, 0.2) is 24.3 Å². The van der Waals surface area contributed by atoms with E-state index in [4.69, 9.17) is 11.5 Å². The highest BCUT2D eigenvalue weighted by Gasteiger charge is 1.78. The third-order valence-electron chi connectivity index (χ3n) is 0.949. The molecule has 0 aliphatic carbocycles. The average molecular weight is 126 g/mol. The van der Waals surface area contributed by atoms with Gasteiger partial charge in [-0.25, -0.2) is 0 Å². The van der Waals surface area contributed by atoms with Crippen LogP contribution >= 0.6 is 0 Å². The summed E-state index contributed by atoms with van der Waals surface area (Å²) in [5.74, 6) is 0. The van der Waals surface area contributed by atoms with Gasteiger partial charge in [0.25, 0.3) is 0 Å². The molecule has 0 fully saturated rings. The first-order valence-corrected chi connectivity index (χ1v) is 3.05. The zero-order valence-electron chi connectivity index (χ0n) is 5.64. The fourth-order valence-electron chi connectivity index (χ4n) is 0.414. The topological polar surface area (TPSA) is 52.0 Å². The van der Waals surface area contributed by atoms with Gasteiger partial charge >= 0.3 is 0 Å². The van der Waals surface area contributed by atoms with Gasteiger partial charge in [-0.1, -0.05) is 18.7 Å². The van der Waals surface area contributed by atoms with Crippen molar-refractivity contribution >= 4 is 0 Å². The minimum Gasteiger partial charge on any atom is -0.330 e. The summed E-state index contributed by atoms with van der Waals surface area (Å²) in [6.45, 7) is 4.91. The van der Waals surface area contributed by atoms with Gasteiger partial charge in [0.2, 0.25) is 0 Å². The molecule has 0 amide bonds. The fraction of sp³-hybridized carbons (Fsp3) is 0.429. The van der Waals surface area contributed by atoms with E-state index in [9.17, 15) is 0 Å². The quantitative estimate of drug-likeness (QED) is 0.536. The SMILES string of the molecule is C=C(/C=C\CCN)CN. The van der Waals surface area contributed by atoms with Gasteiger partial charge in [-0.2, -0.15) is 0 Å². The smallest absolute Gasteiger partial charge is 0.0172 e. The lowest BCUT2D eigenvalue weighted by Gasteiger charge is -1.89. The Morgan fingerprint density at radius 1 is 1.44 bits per heavy atom. The van der Waals surface area contributed by atoms with Crippen LogP contribution in [0, 0.1) is 0 Å². The van der Waals surface area contributed by atoms with E-state index in [1.807, 2.05) is 12.2 Å². The van der Waals surface area contributed by atoms with Gasteiger partial charge in [0.1, 0.15) is 0 Å². The highest BCUT2D eigenvalue weighted by atomic mass is 14.5. The maximum Gasteiger partial charge on any atom is 0.0172 e. The lowest BCUT2D eigenvalue weighted by Crippen LogP contribution is -1.99. The Hall–Kier alpha value is -0.600. The van der Waals surface area contributed by atoms with Crippen LogP contribution in [-0.2, 0) is 0 Å². The van der Waals surface area contributed by atoms with E-state index < -0.39 is 0 Å². The van der Waals surface area contributed by atoms with Crippen molar-refractivity contribution in [2.45, 2.75) is 6.42 Å². The summed E-state index contributed by atoms with van der Waals surface area (Å²) in [5.41, 5.74) is 11.5. The zero-order chi connectivity index (χ0) is 7.11. The lowest BCUT2D eigenvalue weighted by molar-refractivity contribution is 1.00. The summed E-state index contributed by atoms with van der Waals surface area (Å²) in [7, 11) is 0. The van der Waals surface area contributed by atoms with Gasteiger partial charge in [-0.05, 0) is 18.5 Å². The van der Waals surface area contributed by atoms with E-state index in [0.717, 1.165) is 12.0 Å². The van der Waals surface area contributed by atoms with Crippen molar-refractivity contribution < 1.29 is 0 Å². The molecular formula is C7H14N2. The molecule has 9 heavy (non-hydrogen) atoms. The molecule has 4 N–H and O–H groups in total. The Morgan fingerprint density at radius 2 is 2.11 bits per heavy atom. The number of rotatable bonds is 4.